The Balaban J connectivity index is 1.96. The average molecular weight is 260 g/mol. The third-order valence-electron chi connectivity index (χ3n) is 2.23. The molecule has 1 aliphatic heterocycles. The Morgan fingerprint density at radius 2 is 2.29 bits per heavy atom. The summed E-state index contributed by atoms with van der Waals surface area (Å²) in [5, 5.41) is 3.11. The molecule has 0 atom stereocenters. The minimum absolute atomic E-state index is 0.224. The van der Waals surface area contributed by atoms with E-state index in [-0.39, 0.29) is 11.9 Å². The summed E-state index contributed by atoms with van der Waals surface area (Å²) in [5.74, 6) is -0.224. The number of rotatable bonds is 3. The summed E-state index contributed by atoms with van der Waals surface area (Å²) in [6.45, 7) is 2.25. The Hall–Kier alpha value is -0.450. The van der Waals surface area contributed by atoms with Crippen LogP contribution in [0.3, 0.4) is 0 Å². The second kappa shape index (κ2) is 4.38. The highest BCUT2D eigenvalue weighted by molar-refractivity contribution is 9.10. The van der Waals surface area contributed by atoms with Crippen molar-refractivity contribution in [2.24, 2.45) is 0 Å². The second-order valence-corrected chi connectivity index (χ2v) is 4.18. The maximum absolute atomic E-state index is 12.9. The van der Waals surface area contributed by atoms with E-state index in [1.807, 2.05) is 0 Å². The molecule has 1 heterocycles. The predicted molar refractivity (Wildman–Crippen MR) is 55.5 cm³/mol. The van der Waals surface area contributed by atoms with Crippen molar-refractivity contribution in [2.45, 2.75) is 12.7 Å². The molecular weight excluding hydrogens is 249 g/mol. The highest BCUT2D eigenvalue weighted by atomic mass is 79.9. The highest BCUT2D eigenvalue weighted by Crippen LogP contribution is 2.19. The van der Waals surface area contributed by atoms with E-state index in [1.165, 1.54) is 12.1 Å². The average Bonchev–Trinajstić information content (AvgIpc) is 2.08. The lowest BCUT2D eigenvalue weighted by molar-refractivity contribution is 0.00723. The lowest BCUT2D eigenvalue weighted by Gasteiger charge is -2.27. The van der Waals surface area contributed by atoms with E-state index in [9.17, 15) is 4.39 Å². The van der Waals surface area contributed by atoms with E-state index in [0.29, 0.717) is 6.61 Å². The first-order chi connectivity index (χ1) is 6.75. The lowest BCUT2D eigenvalue weighted by Crippen LogP contribution is -2.48. The van der Waals surface area contributed by atoms with Crippen molar-refractivity contribution in [1.29, 1.82) is 0 Å². The van der Waals surface area contributed by atoms with E-state index in [0.717, 1.165) is 23.1 Å². The third kappa shape index (κ3) is 2.32. The van der Waals surface area contributed by atoms with Crippen molar-refractivity contribution in [3.05, 3.63) is 34.1 Å². The van der Waals surface area contributed by atoms with Crippen molar-refractivity contribution in [3.63, 3.8) is 0 Å². The SMILES string of the molecule is Fc1ccc(Br)c(COC2CNC2)c1. The zero-order chi connectivity index (χ0) is 9.97. The molecule has 0 bridgehead atoms. The van der Waals surface area contributed by atoms with Gasteiger partial charge in [0.2, 0.25) is 0 Å². The number of hydrogen-bond donors (Lipinski definition) is 1. The first-order valence-electron chi connectivity index (χ1n) is 4.52. The number of halogens is 2. The first-order valence-corrected chi connectivity index (χ1v) is 5.31. The molecule has 76 valence electrons. The summed E-state index contributed by atoms with van der Waals surface area (Å²) in [5.41, 5.74) is 0.858. The fraction of sp³-hybridized carbons (Fsp3) is 0.400. The molecule has 0 aliphatic carbocycles. The van der Waals surface area contributed by atoms with Crippen LogP contribution in [0, 0.1) is 5.82 Å². The molecule has 0 aromatic heterocycles. The zero-order valence-electron chi connectivity index (χ0n) is 7.59. The monoisotopic (exact) mass is 259 g/mol. The summed E-state index contributed by atoms with van der Waals surface area (Å²) in [6, 6.07) is 4.63. The molecule has 1 N–H and O–H groups in total. The fourth-order valence-corrected chi connectivity index (χ4v) is 1.60. The molecule has 0 saturated carbocycles. The van der Waals surface area contributed by atoms with Crippen molar-refractivity contribution in [1.82, 2.24) is 5.32 Å². The maximum Gasteiger partial charge on any atom is 0.123 e. The van der Waals surface area contributed by atoms with Gasteiger partial charge in [0, 0.05) is 17.6 Å². The Bertz CT molecular complexity index is 328. The smallest absolute Gasteiger partial charge is 0.123 e. The molecule has 0 spiro atoms. The van der Waals surface area contributed by atoms with Gasteiger partial charge >= 0.3 is 0 Å². The van der Waals surface area contributed by atoms with Crippen LogP contribution in [0.4, 0.5) is 4.39 Å². The molecule has 14 heavy (non-hydrogen) atoms. The lowest BCUT2D eigenvalue weighted by atomic mass is 10.2. The standard InChI is InChI=1S/C10H11BrFNO/c11-10-2-1-8(12)3-7(10)6-14-9-4-13-5-9/h1-3,9,13H,4-6H2. The van der Waals surface area contributed by atoms with Gasteiger partial charge in [0.25, 0.3) is 0 Å². The number of hydrogen-bond acceptors (Lipinski definition) is 2. The molecule has 4 heteroatoms. The van der Waals surface area contributed by atoms with E-state index in [2.05, 4.69) is 21.2 Å². The molecule has 0 radical (unpaired) electrons. The summed E-state index contributed by atoms with van der Waals surface area (Å²) in [6.07, 6.45) is 0.283. The van der Waals surface area contributed by atoms with Gasteiger partial charge in [-0.3, -0.25) is 0 Å². The summed E-state index contributed by atoms with van der Waals surface area (Å²) < 4.78 is 19.3. The van der Waals surface area contributed by atoms with Crippen molar-refractivity contribution in [3.8, 4) is 0 Å². The van der Waals surface area contributed by atoms with Crippen LogP contribution >= 0.6 is 15.9 Å². The van der Waals surface area contributed by atoms with E-state index >= 15 is 0 Å². The molecule has 0 unspecified atom stereocenters. The largest absolute Gasteiger partial charge is 0.371 e. The van der Waals surface area contributed by atoms with Crippen molar-refractivity contribution >= 4 is 15.9 Å². The quantitative estimate of drug-likeness (QED) is 0.898. The van der Waals surface area contributed by atoms with Gasteiger partial charge in [-0.15, -0.1) is 0 Å². The van der Waals surface area contributed by atoms with Gasteiger partial charge in [-0.05, 0) is 23.8 Å². The summed E-state index contributed by atoms with van der Waals surface area (Å²) in [4.78, 5) is 0. The van der Waals surface area contributed by atoms with Crippen LogP contribution in [-0.4, -0.2) is 19.2 Å². The van der Waals surface area contributed by atoms with Gasteiger partial charge < -0.3 is 10.1 Å². The van der Waals surface area contributed by atoms with Gasteiger partial charge in [-0.25, -0.2) is 4.39 Å². The van der Waals surface area contributed by atoms with E-state index in [4.69, 9.17) is 4.74 Å². The van der Waals surface area contributed by atoms with Gasteiger partial charge in [-0.1, -0.05) is 15.9 Å². The Kier molecular flexibility index (Phi) is 3.15. The first kappa shape index (κ1) is 10.1. The van der Waals surface area contributed by atoms with E-state index < -0.39 is 0 Å². The third-order valence-corrected chi connectivity index (χ3v) is 3.00. The number of nitrogens with one attached hydrogen (secondary N) is 1. The van der Waals surface area contributed by atoms with Crippen LogP contribution in [0.2, 0.25) is 0 Å². The van der Waals surface area contributed by atoms with Crippen molar-refractivity contribution in [2.75, 3.05) is 13.1 Å². The fourth-order valence-electron chi connectivity index (χ4n) is 1.24. The Labute approximate surface area is 90.6 Å². The molecule has 2 rings (SSSR count). The normalized spacial score (nSPS) is 16.7. The molecule has 1 saturated heterocycles. The summed E-state index contributed by atoms with van der Waals surface area (Å²) >= 11 is 3.36. The maximum atomic E-state index is 12.9. The highest BCUT2D eigenvalue weighted by Gasteiger charge is 2.17. The molecule has 1 aliphatic rings. The zero-order valence-corrected chi connectivity index (χ0v) is 9.18. The summed E-state index contributed by atoms with van der Waals surface area (Å²) in [7, 11) is 0. The molecule has 1 aromatic carbocycles. The second-order valence-electron chi connectivity index (χ2n) is 3.33. The molecule has 2 nitrogen and oxygen atoms in total. The van der Waals surface area contributed by atoms with Crippen LogP contribution in [0.1, 0.15) is 5.56 Å². The Morgan fingerprint density at radius 1 is 1.50 bits per heavy atom. The van der Waals surface area contributed by atoms with Gasteiger partial charge in [0.05, 0.1) is 12.7 Å². The molecular formula is C10H11BrFNO. The van der Waals surface area contributed by atoms with Gasteiger partial charge in [0.1, 0.15) is 5.82 Å². The Morgan fingerprint density at radius 3 is 2.93 bits per heavy atom. The minimum Gasteiger partial charge on any atom is -0.371 e. The van der Waals surface area contributed by atoms with Crippen LogP contribution in [-0.2, 0) is 11.3 Å². The van der Waals surface area contributed by atoms with Gasteiger partial charge in [-0.2, -0.15) is 0 Å². The molecule has 0 amide bonds. The number of benzene rings is 1. The van der Waals surface area contributed by atoms with Crippen LogP contribution < -0.4 is 5.32 Å². The predicted octanol–water partition coefficient (Wildman–Crippen LogP) is 2.08. The minimum atomic E-state index is -0.224. The molecule has 1 fully saturated rings. The topological polar surface area (TPSA) is 21.3 Å². The van der Waals surface area contributed by atoms with Crippen molar-refractivity contribution < 1.29 is 9.13 Å². The van der Waals surface area contributed by atoms with E-state index in [1.54, 1.807) is 6.07 Å². The van der Waals surface area contributed by atoms with Crippen LogP contribution in [0.5, 0.6) is 0 Å². The van der Waals surface area contributed by atoms with Crippen LogP contribution in [0.25, 0.3) is 0 Å². The number of ether oxygens (including phenoxy) is 1. The van der Waals surface area contributed by atoms with Crippen LogP contribution in [0.15, 0.2) is 22.7 Å². The van der Waals surface area contributed by atoms with Gasteiger partial charge in [0.15, 0.2) is 0 Å². The molecule has 1 aromatic rings.